The van der Waals surface area contributed by atoms with Crippen LogP contribution in [0.2, 0.25) is 5.02 Å². The zero-order valence-electron chi connectivity index (χ0n) is 22.6. The van der Waals surface area contributed by atoms with Crippen LogP contribution in [-0.4, -0.2) is 77.6 Å². The second-order valence-corrected chi connectivity index (χ2v) is 9.97. The van der Waals surface area contributed by atoms with Gasteiger partial charge in [-0.3, -0.25) is 14.9 Å². The molecule has 5 rings (SSSR count). The first-order chi connectivity index (χ1) is 20.7. The Bertz CT molecular complexity index is 1670. The summed E-state index contributed by atoms with van der Waals surface area (Å²) < 4.78 is 6.05. The molecule has 0 saturated heterocycles. The molecule has 1 aliphatic heterocycles. The lowest BCUT2D eigenvalue weighted by molar-refractivity contribution is -0.121. The average Bonchev–Trinajstić information content (AvgIpc) is 3.68. The molecular weight excluding hydrogens is 582 g/mol. The van der Waals surface area contributed by atoms with E-state index in [1.807, 2.05) is 0 Å². The molecule has 3 unspecified atom stereocenters. The van der Waals surface area contributed by atoms with Crippen molar-refractivity contribution in [2.45, 2.75) is 31.1 Å². The summed E-state index contributed by atoms with van der Waals surface area (Å²) in [6, 6.07) is 8.91. The topological polar surface area (TPSA) is 209 Å². The molecule has 3 heterocycles. The van der Waals surface area contributed by atoms with E-state index in [-0.39, 0.29) is 6.42 Å². The molecule has 4 aromatic rings. The van der Waals surface area contributed by atoms with E-state index in [2.05, 4.69) is 46.2 Å². The summed E-state index contributed by atoms with van der Waals surface area (Å²) >= 11 is 6.16. The van der Waals surface area contributed by atoms with Crippen molar-refractivity contribution in [1.29, 1.82) is 0 Å². The zero-order valence-corrected chi connectivity index (χ0v) is 23.3. The lowest BCUT2D eigenvalue weighted by Crippen LogP contribution is -2.36. The first kappa shape index (κ1) is 29.4. The summed E-state index contributed by atoms with van der Waals surface area (Å²) in [7, 11) is 1.22. The van der Waals surface area contributed by atoms with Gasteiger partial charge in [0.2, 0.25) is 11.8 Å². The molecule has 0 aliphatic carbocycles. The lowest BCUT2D eigenvalue weighted by Gasteiger charge is -2.24. The maximum atomic E-state index is 13.1. The number of hydrogen-bond donors (Lipinski definition) is 6. The number of aliphatic hydroxyl groups is 2. The molecule has 0 spiro atoms. The second-order valence-electron chi connectivity index (χ2n) is 9.53. The molecule has 2 aromatic heterocycles. The number of H-pyrrole nitrogens is 1. The maximum Gasteiger partial charge on any atom is 0.411 e. The van der Waals surface area contributed by atoms with E-state index in [9.17, 15) is 24.6 Å². The van der Waals surface area contributed by atoms with Gasteiger partial charge in [-0.1, -0.05) is 11.6 Å². The third kappa shape index (κ3) is 7.03. The van der Waals surface area contributed by atoms with Gasteiger partial charge in [-0.2, -0.15) is 4.68 Å². The van der Waals surface area contributed by atoms with E-state index in [1.54, 1.807) is 30.3 Å². The zero-order chi connectivity index (χ0) is 30.5. The Labute approximate surface area is 248 Å². The van der Waals surface area contributed by atoms with Crippen LogP contribution in [0.25, 0.3) is 23.0 Å². The Morgan fingerprint density at radius 3 is 2.79 bits per heavy atom. The predicted octanol–water partition coefficient (Wildman–Crippen LogP) is 2.21. The van der Waals surface area contributed by atoms with Gasteiger partial charge >= 0.3 is 6.09 Å². The quantitative estimate of drug-likeness (QED) is 0.182. The van der Waals surface area contributed by atoms with E-state index in [0.29, 0.717) is 44.7 Å². The Morgan fingerprint density at radius 2 is 2.02 bits per heavy atom. The van der Waals surface area contributed by atoms with Crippen molar-refractivity contribution in [2.75, 3.05) is 17.7 Å². The van der Waals surface area contributed by atoms with Gasteiger partial charge in [0.1, 0.15) is 12.2 Å². The number of rotatable bonds is 5. The van der Waals surface area contributed by atoms with Gasteiger partial charge in [-0.05, 0) is 52.9 Å². The van der Waals surface area contributed by atoms with Crippen LogP contribution in [0.5, 0.6) is 0 Å². The number of nitrogens with one attached hydrogen (secondary N) is 4. The summed E-state index contributed by atoms with van der Waals surface area (Å²) in [5.41, 5.74) is 2.82. The number of anilines is 2. The number of imidazole rings is 1. The van der Waals surface area contributed by atoms with Crippen LogP contribution in [0.1, 0.15) is 30.3 Å². The molecule has 6 N–H and O–H groups in total. The number of benzene rings is 2. The van der Waals surface area contributed by atoms with Gasteiger partial charge in [0.15, 0.2) is 0 Å². The third-order valence-electron chi connectivity index (χ3n) is 6.57. The van der Waals surface area contributed by atoms with Gasteiger partial charge < -0.3 is 30.6 Å². The highest BCUT2D eigenvalue weighted by molar-refractivity contribution is 6.30. The largest absolute Gasteiger partial charge is 0.453 e. The molecule has 1 aliphatic rings. The molecule has 15 nitrogen and oxygen atoms in total. The highest BCUT2D eigenvalue weighted by atomic mass is 35.5. The van der Waals surface area contributed by atoms with Crippen molar-refractivity contribution in [3.8, 4) is 16.9 Å². The SMILES string of the molecule is COC(=O)Nc1ccc2c(c1)NC(=O)CC(O)C(O)CC(NC(=O)/C=C/c1cc(Cl)ccc1-n1cnnn1)c1ncc-2[nH]1. The number of hydrogen-bond acceptors (Lipinski definition) is 10. The van der Waals surface area contributed by atoms with E-state index < -0.39 is 42.6 Å². The fourth-order valence-electron chi connectivity index (χ4n) is 4.47. The summed E-state index contributed by atoms with van der Waals surface area (Å²) in [4.78, 5) is 45.1. The summed E-state index contributed by atoms with van der Waals surface area (Å²) in [6.07, 6.45) is 1.61. The van der Waals surface area contributed by atoms with E-state index in [1.165, 1.54) is 42.5 Å². The smallest absolute Gasteiger partial charge is 0.411 e. The minimum absolute atomic E-state index is 0.150. The number of fused-ring (bicyclic) bond motifs is 4. The van der Waals surface area contributed by atoms with Crippen molar-refractivity contribution in [3.05, 3.63) is 71.4 Å². The fraction of sp³-hybridized carbons (Fsp3) is 0.222. The van der Waals surface area contributed by atoms with Gasteiger partial charge in [0.25, 0.3) is 0 Å². The van der Waals surface area contributed by atoms with Crippen molar-refractivity contribution in [2.24, 2.45) is 0 Å². The molecule has 16 heteroatoms. The number of ether oxygens (including phenoxy) is 1. The number of carbonyl (C=O) groups is 3. The first-order valence-corrected chi connectivity index (χ1v) is 13.3. The van der Waals surface area contributed by atoms with Gasteiger partial charge in [-0.15, -0.1) is 5.10 Å². The minimum Gasteiger partial charge on any atom is -0.453 e. The summed E-state index contributed by atoms with van der Waals surface area (Å²) in [5.74, 6) is -0.808. The van der Waals surface area contributed by atoms with Crippen molar-refractivity contribution in [1.82, 2.24) is 35.5 Å². The number of amides is 3. The van der Waals surface area contributed by atoms with Crippen LogP contribution >= 0.6 is 11.6 Å². The molecule has 2 aromatic carbocycles. The molecule has 222 valence electrons. The lowest BCUT2D eigenvalue weighted by atomic mass is 10.0. The van der Waals surface area contributed by atoms with E-state index in [0.717, 1.165) is 0 Å². The van der Waals surface area contributed by atoms with Crippen molar-refractivity contribution in [3.63, 3.8) is 0 Å². The number of halogens is 1. The second kappa shape index (κ2) is 12.8. The Hall–Kier alpha value is -5.12. The number of aromatic amines is 1. The number of tetrazole rings is 1. The number of nitrogens with zero attached hydrogens (tertiary/aromatic N) is 5. The number of carbonyl (C=O) groups excluding carboxylic acids is 3. The van der Waals surface area contributed by atoms with Crippen LogP contribution < -0.4 is 16.0 Å². The molecule has 0 saturated carbocycles. The summed E-state index contributed by atoms with van der Waals surface area (Å²) in [5, 5.41) is 40.9. The number of methoxy groups -OCH3 is 1. The van der Waals surface area contributed by atoms with E-state index in [4.69, 9.17) is 11.6 Å². The Morgan fingerprint density at radius 1 is 1.19 bits per heavy atom. The molecular formula is C27H26ClN9O6. The molecule has 43 heavy (non-hydrogen) atoms. The molecule has 0 fully saturated rings. The van der Waals surface area contributed by atoms with Crippen LogP contribution in [0.3, 0.4) is 0 Å². The van der Waals surface area contributed by atoms with E-state index >= 15 is 0 Å². The third-order valence-corrected chi connectivity index (χ3v) is 6.81. The first-order valence-electron chi connectivity index (χ1n) is 12.9. The summed E-state index contributed by atoms with van der Waals surface area (Å²) in [6.45, 7) is 0. The molecule has 0 radical (unpaired) electrons. The van der Waals surface area contributed by atoms with Gasteiger partial charge in [0.05, 0.1) is 55.0 Å². The molecule has 3 amide bonds. The van der Waals surface area contributed by atoms with Crippen molar-refractivity contribution < 1.29 is 29.3 Å². The van der Waals surface area contributed by atoms with Gasteiger partial charge in [-0.25, -0.2) is 9.78 Å². The van der Waals surface area contributed by atoms with Crippen LogP contribution in [0, 0.1) is 0 Å². The Balaban J connectivity index is 1.43. The number of aromatic nitrogens is 6. The fourth-order valence-corrected chi connectivity index (χ4v) is 4.65. The highest BCUT2D eigenvalue weighted by Crippen LogP contribution is 2.32. The van der Waals surface area contributed by atoms with Crippen LogP contribution in [-0.2, 0) is 14.3 Å². The maximum absolute atomic E-state index is 13.1. The molecule has 2 bridgehead atoms. The minimum atomic E-state index is -1.45. The average molecular weight is 608 g/mol. The normalized spacial score (nSPS) is 18.6. The van der Waals surface area contributed by atoms with Crippen LogP contribution in [0.15, 0.2) is 55.0 Å². The monoisotopic (exact) mass is 607 g/mol. The number of aliphatic hydroxyl groups excluding tert-OH is 2. The predicted molar refractivity (Wildman–Crippen MR) is 154 cm³/mol. The highest BCUT2D eigenvalue weighted by Gasteiger charge is 2.28. The van der Waals surface area contributed by atoms with Crippen LogP contribution in [0.4, 0.5) is 16.2 Å². The van der Waals surface area contributed by atoms with Gasteiger partial charge in [0, 0.05) is 34.3 Å². The standard InChI is InChI=1S/C27H26ClN9O6/c1-43-27(42)31-16-4-5-17-18(9-16)32-25(41)11-23(39)22(38)10-19(26-29-12-20(17)34-26)33-24(40)7-2-14-8-15(28)3-6-21(14)37-13-30-35-36-37/h2-9,12-13,19,22-23,38-39H,10-11H2,1H3,(H,29,34)(H,31,42)(H,32,41)(H,33,40)/b7-2+. The Kier molecular flexibility index (Phi) is 8.75. The van der Waals surface area contributed by atoms with Crippen molar-refractivity contribution >= 4 is 47.0 Å². The molecule has 3 atom stereocenters.